The largest absolute Gasteiger partial charge is 0.485 e. The van der Waals surface area contributed by atoms with Crippen molar-refractivity contribution >= 4 is 11.6 Å². The number of benzene rings is 1. The van der Waals surface area contributed by atoms with Crippen molar-refractivity contribution in [1.29, 1.82) is 0 Å². The Kier molecular flexibility index (Phi) is 2.30. The Morgan fingerprint density at radius 2 is 2.19 bits per heavy atom. The molecule has 1 fully saturated rings. The van der Waals surface area contributed by atoms with Gasteiger partial charge in [-0.25, -0.2) is 0 Å². The van der Waals surface area contributed by atoms with Gasteiger partial charge in [0.1, 0.15) is 11.9 Å². The van der Waals surface area contributed by atoms with Gasteiger partial charge in [-0.3, -0.25) is 0 Å². The Morgan fingerprint density at radius 3 is 3.05 bits per heavy atom. The summed E-state index contributed by atoms with van der Waals surface area (Å²) < 4.78 is 6.37. The van der Waals surface area contributed by atoms with Crippen molar-refractivity contribution in [1.82, 2.24) is 4.90 Å². The average molecular weight is 302 g/mol. The molecule has 1 saturated heterocycles. The summed E-state index contributed by atoms with van der Waals surface area (Å²) in [6, 6.07) is 7.11. The first-order chi connectivity index (χ1) is 10.1. The van der Waals surface area contributed by atoms with Crippen LogP contribution < -0.4 is 4.74 Å². The minimum absolute atomic E-state index is 0.0858. The smallest absolute Gasteiger partial charge is 0.127 e. The number of likely N-dealkylation sites (tertiary alicyclic amines) is 1. The number of piperidine rings is 1. The number of hydrogen-bond acceptors (Lipinski definition) is 2. The number of hydrogen-bond donors (Lipinski definition) is 0. The standard InChI is InChI=1S/C18H20ClNO/c1-10-9-20(2)13-8-11-4-3-5-14-16(11)18(10)15(21-14)7-6-12(19)17(13)18/h3-7,10,12-13,15,17H,8-9H2,1-2H3/t10?,12?,13-,15+,17?,18-/m1/s1. The highest BCUT2D eigenvalue weighted by atomic mass is 35.5. The maximum Gasteiger partial charge on any atom is 0.127 e. The zero-order valence-electron chi connectivity index (χ0n) is 12.4. The van der Waals surface area contributed by atoms with E-state index >= 15 is 0 Å². The zero-order valence-corrected chi connectivity index (χ0v) is 13.2. The second-order valence-corrected chi connectivity index (χ2v) is 7.73. The molecular weight excluding hydrogens is 282 g/mol. The van der Waals surface area contributed by atoms with E-state index < -0.39 is 0 Å². The molecule has 0 radical (unpaired) electrons. The molecule has 6 atom stereocenters. The molecular formula is C18H20ClNO. The summed E-state index contributed by atoms with van der Waals surface area (Å²) in [5, 5.41) is 0.111. The fraction of sp³-hybridized carbons (Fsp3) is 0.556. The number of allylic oxidation sites excluding steroid dienone is 1. The van der Waals surface area contributed by atoms with Gasteiger partial charge in [-0.1, -0.05) is 25.1 Å². The van der Waals surface area contributed by atoms with Crippen molar-refractivity contribution in [3.63, 3.8) is 0 Å². The van der Waals surface area contributed by atoms with Crippen LogP contribution in [-0.4, -0.2) is 36.0 Å². The first-order valence-electron chi connectivity index (χ1n) is 7.95. The highest BCUT2D eigenvalue weighted by Gasteiger charge is 2.66. The molecule has 0 aromatic heterocycles. The van der Waals surface area contributed by atoms with E-state index in [2.05, 4.69) is 49.2 Å². The molecule has 0 N–H and O–H groups in total. The molecule has 0 amide bonds. The number of alkyl halides is 1. The van der Waals surface area contributed by atoms with Crippen molar-refractivity contribution < 1.29 is 4.74 Å². The molecule has 5 rings (SSSR count). The second-order valence-electron chi connectivity index (χ2n) is 7.23. The van der Waals surface area contributed by atoms with E-state index in [1.165, 1.54) is 11.1 Å². The quantitative estimate of drug-likeness (QED) is 0.539. The predicted molar refractivity (Wildman–Crippen MR) is 84.1 cm³/mol. The van der Waals surface area contributed by atoms with Crippen molar-refractivity contribution in [2.45, 2.75) is 36.3 Å². The zero-order chi connectivity index (χ0) is 14.4. The molecule has 1 spiro atoms. The molecule has 1 aromatic rings. The third-order valence-electron chi connectivity index (χ3n) is 6.42. The van der Waals surface area contributed by atoms with Crippen LogP contribution in [0.2, 0.25) is 0 Å². The Morgan fingerprint density at radius 1 is 1.33 bits per heavy atom. The van der Waals surface area contributed by atoms with Gasteiger partial charge in [0, 0.05) is 29.5 Å². The fourth-order valence-corrected chi connectivity index (χ4v) is 6.21. The van der Waals surface area contributed by atoms with E-state index in [0.717, 1.165) is 18.7 Å². The topological polar surface area (TPSA) is 12.5 Å². The third-order valence-corrected chi connectivity index (χ3v) is 6.84. The minimum atomic E-state index is 0.0858. The lowest BCUT2D eigenvalue weighted by molar-refractivity contribution is -0.0405. The van der Waals surface area contributed by atoms with E-state index in [4.69, 9.17) is 16.3 Å². The molecule has 2 nitrogen and oxygen atoms in total. The molecule has 21 heavy (non-hydrogen) atoms. The van der Waals surface area contributed by atoms with Crippen LogP contribution in [-0.2, 0) is 11.8 Å². The van der Waals surface area contributed by atoms with Gasteiger partial charge in [0.15, 0.2) is 0 Å². The predicted octanol–water partition coefficient (Wildman–Crippen LogP) is 2.99. The molecule has 2 aliphatic heterocycles. The van der Waals surface area contributed by atoms with Gasteiger partial charge in [0.2, 0.25) is 0 Å². The summed E-state index contributed by atoms with van der Waals surface area (Å²) in [5.74, 6) is 2.12. The van der Waals surface area contributed by atoms with Gasteiger partial charge < -0.3 is 9.64 Å². The maximum absolute atomic E-state index is 6.80. The van der Waals surface area contributed by atoms with Crippen LogP contribution >= 0.6 is 11.6 Å². The Hall–Kier alpha value is -0.990. The first-order valence-corrected chi connectivity index (χ1v) is 8.39. The summed E-state index contributed by atoms with van der Waals surface area (Å²) in [6.07, 6.45) is 5.67. The number of rotatable bonds is 0. The molecule has 0 saturated carbocycles. The lowest BCUT2D eigenvalue weighted by Gasteiger charge is -2.60. The normalized spacial score (nSPS) is 46.1. The molecule has 4 aliphatic rings. The fourth-order valence-electron chi connectivity index (χ4n) is 5.74. The van der Waals surface area contributed by atoms with Gasteiger partial charge in [0.25, 0.3) is 0 Å². The van der Waals surface area contributed by atoms with E-state index in [1.54, 1.807) is 0 Å². The summed E-state index contributed by atoms with van der Waals surface area (Å²) in [5.41, 5.74) is 3.04. The average Bonchev–Trinajstić information content (AvgIpc) is 2.81. The summed E-state index contributed by atoms with van der Waals surface area (Å²) >= 11 is 6.80. The van der Waals surface area contributed by atoms with Crippen LogP contribution in [0.4, 0.5) is 0 Å². The third kappa shape index (κ3) is 1.26. The molecule has 2 aliphatic carbocycles. The van der Waals surface area contributed by atoms with E-state index in [9.17, 15) is 0 Å². The van der Waals surface area contributed by atoms with E-state index in [1.807, 2.05) is 0 Å². The highest BCUT2D eigenvalue weighted by Crippen LogP contribution is 2.63. The lowest BCUT2D eigenvalue weighted by atomic mass is 9.50. The second kappa shape index (κ2) is 3.85. The molecule has 2 heterocycles. The van der Waals surface area contributed by atoms with Gasteiger partial charge in [-0.05, 0) is 37.1 Å². The maximum atomic E-state index is 6.80. The van der Waals surface area contributed by atoms with Crippen LogP contribution in [0.5, 0.6) is 5.75 Å². The molecule has 2 bridgehead atoms. The number of nitrogens with zero attached hydrogens (tertiary/aromatic N) is 1. The van der Waals surface area contributed by atoms with Crippen molar-refractivity contribution in [2.75, 3.05) is 13.6 Å². The first kappa shape index (κ1) is 12.5. The Labute approximate surface area is 130 Å². The number of halogens is 1. The van der Waals surface area contributed by atoms with Crippen LogP contribution in [0.25, 0.3) is 0 Å². The molecule has 110 valence electrons. The van der Waals surface area contributed by atoms with Crippen LogP contribution in [0.15, 0.2) is 30.4 Å². The van der Waals surface area contributed by atoms with Crippen molar-refractivity contribution in [3.8, 4) is 5.75 Å². The lowest BCUT2D eigenvalue weighted by Crippen LogP contribution is -2.68. The van der Waals surface area contributed by atoms with Gasteiger partial charge >= 0.3 is 0 Å². The number of ether oxygens (including phenoxy) is 1. The molecule has 1 aromatic carbocycles. The summed E-state index contributed by atoms with van der Waals surface area (Å²) in [6.45, 7) is 3.52. The van der Waals surface area contributed by atoms with Crippen molar-refractivity contribution in [3.05, 3.63) is 41.5 Å². The number of likely N-dealkylation sites (N-methyl/N-ethyl adjacent to an activating group) is 1. The highest BCUT2D eigenvalue weighted by molar-refractivity contribution is 6.22. The summed E-state index contributed by atoms with van der Waals surface area (Å²) in [7, 11) is 2.26. The Bertz CT molecular complexity index is 657. The monoisotopic (exact) mass is 301 g/mol. The summed E-state index contributed by atoms with van der Waals surface area (Å²) in [4.78, 5) is 2.53. The van der Waals surface area contributed by atoms with Gasteiger partial charge in [-0.2, -0.15) is 0 Å². The minimum Gasteiger partial charge on any atom is -0.485 e. The SMILES string of the molecule is CC1CN(C)[C@@H]2Cc3cccc4c3[C@@]13C2C(Cl)C=C[C@@H]3O4. The van der Waals surface area contributed by atoms with Gasteiger partial charge in [-0.15, -0.1) is 11.6 Å². The van der Waals surface area contributed by atoms with Crippen molar-refractivity contribution in [2.24, 2.45) is 11.8 Å². The van der Waals surface area contributed by atoms with Gasteiger partial charge in [0.05, 0.1) is 5.38 Å². The Balaban J connectivity index is 1.87. The molecule has 3 heteroatoms. The van der Waals surface area contributed by atoms with E-state index in [-0.39, 0.29) is 16.9 Å². The van der Waals surface area contributed by atoms with Crippen LogP contribution in [0.1, 0.15) is 18.1 Å². The van der Waals surface area contributed by atoms with Crippen LogP contribution in [0.3, 0.4) is 0 Å². The van der Waals surface area contributed by atoms with E-state index in [0.29, 0.717) is 17.9 Å². The molecule has 3 unspecified atom stereocenters. The van der Waals surface area contributed by atoms with Crippen LogP contribution in [0, 0.1) is 11.8 Å².